The summed E-state index contributed by atoms with van der Waals surface area (Å²) in [6.45, 7) is 7.78. The maximum absolute atomic E-state index is 12.1. The molecule has 2 bridgehead atoms. The van der Waals surface area contributed by atoms with Gasteiger partial charge in [0.2, 0.25) is 5.91 Å². The van der Waals surface area contributed by atoms with Crippen molar-refractivity contribution in [2.75, 3.05) is 33.4 Å². The Morgan fingerprint density at radius 2 is 2.09 bits per heavy atom. The number of nitrogens with one attached hydrogen (secondary N) is 1. The maximum atomic E-state index is 12.1. The molecule has 2 fully saturated rings. The third kappa shape index (κ3) is 3.10. The van der Waals surface area contributed by atoms with E-state index >= 15 is 0 Å². The molecule has 0 aromatic heterocycles. The van der Waals surface area contributed by atoms with Gasteiger partial charge in [0, 0.05) is 19.6 Å². The third-order valence-electron chi connectivity index (χ3n) is 4.56. The van der Waals surface area contributed by atoms with Crippen molar-refractivity contribution < 1.29 is 14.3 Å². The Morgan fingerprint density at radius 1 is 1.27 bits per heavy atom. The van der Waals surface area contributed by atoms with Gasteiger partial charge in [-0.25, -0.2) is 0 Å². The van der Waals surface area contributed by atoms with E-state index in [9.17, 15) is 4.79 Å². The summed E-state index contributed by atoms with van der Waals surface area (Å²) in [5.74, 6) is 0.999. The van der Waals surface area contributed by atoms with Gasteiger partial charge in [-0.05, 0) is 36.6 Å². The molecule has 1 amide bonds. The topological polar surface area (TPSA) is 50.8 Å². The highest BCUT2D eigenvalue weighted by atomic mass is 16.5. The number of amides is 1. The summed E-state index contributed by atoms with van der Waals surface area (Å²) in [5.41, 5.74) is 3.68. The number of hydrogen-bond acceptors (Lipinski definition) is 4. The van der Waals surface area contributed by atoms with Gasteiger partial charge in [-0.3, -0.25) is 9.69 Å². The second kappa shape index (κ2) is 6.26. The molecule has 5 nitrogen and oxygen atoms in total. The number of carbonyl (C=O) groups excluding carboxylic acids is 1. The minimum absolute atomic E-state index is 0.0628. The highest BCUT2D eigenvalue weighted by molar-refractivity contribution is 5.79. The van der Waals surface area contributed by atoms with Gasteiger partial charge in [-0.1, -0.05) is 6.07 Å². The lowest BCUT2D eigenvalue weighted by molar-refractivity contribution is -0.125. The smallest absolute Gasteiger partial charge is 0.227 e. The van der Waals surface area contributed by atoms with Crippen molar-refractivity contribution in [2.45, 2.75) is 26.4 Å². The molecule has 3 rings (SSSR count). The first-order chi connectivity index (χ1) is 10.6. The van der Waals surface area contributed by atoms with Crippen LogP contribution in [0.3, 0.4) is 0 Å². The first kappa shape index (κ1) is 15.3. The highest BCUT2D eigenvalue weighted by Crippen LogP contribution is 2.24. The highest BCUT2D eigenvalue weighted by Gasteiger charge is 2.33. The molecule has 0 spiro atoms. The summed E-state index contributed by atoms with van der Waals surface area (Å²) in [6.07, 6.45) is 0. The van der Waals surface area contributed by atoms with Crippen molar-refractivity contribution in [1.82, 2.24) is 10.2 Å². The predicted octanol–water partition coefficient (Wildman–Crippen LogP) is 1.26. The third-order valence-corrected chi connectivity index (χ3v) is 4.56. The van der Waals surface area contributed by atoms with E-state index in [0.29, 0.717) is 13.2 Å². The zero-order chi connectivity index (χ0) is 15.7. The molecule has 0 aliphatic carbocycles. The standard InChI is InChI=1S/C17H24N2O3/c1-11-5-16(21-3)12(2)4-13(11)6-19-7-14-9-22-10-15(8-19)18-17(14)20/h4-5,14-15H,6-10H2,1-3H3,(H,18,20)/t14-,15+/m1/s1. The van der Waals surface area contributed by atoms with E-state index < -0.39 is 0 Å². The van der Waals surface area contributed by atoms with Gasteiger partial charge in [0.25, 0.3) is 0 Å². The summed E-state index contributed by atoms with van der Waals surface area (Å²) < 4.78 is 11.0. The number of ether oxygens (including phenoxy) is 2. The molecule has 120 valence electrons. The molecule has 0 unspecified atom stereocenters. The molecule has 5 heteroatoms. The number of aryl methyl sites for hydroxylation is 2. The lowest BCUT2D eigenvalue weighted by Crippen LogP contribution is -2.41. The molecule has 22 heavy (non-hydrogen) atoms. The van der Waals surface area contributed by atoms with Gasteiger partial charge in [0.05, 0.1) is 32.3 Å². The van der Waals surface area contributed by atoms with Crippen molar-refractivity contribution in [1.29, 1.82) is 0 Å². The molecule has 2 aliphatic rings. The minimum Gasteiger partial charge on any atom is -0.496 e. The first-order valence-electron chi connectivity index (χ1n) is 7.81. The van der Waals surface area contributed by atoms with Gasteiger partial charge < -0.3 is 14.8 Å². The number of fused-ring (bicyclic) bond motifs is 3. The quantitative estimate of drug-likeness (QED) is 0.913. The molecule has 0 radical (unpaired) electrons. The lowest BCUT2D eigenvalue weighted by atomic mass is 10.0. The van der Waals surface area contributed by atoms with Crippen LogP contribution >= 0.6 is 0 Å². The average Bonchev–Trinajstić information content (AvgIpc) is 2.71. The molecular formula is C17H24N2O3. The van der Waals surface area contributed by atoms with Crippen molar-refractivity contribution in [3.63, 3.8) is 0 Å². The number of benzene rings is 1. The first-order valence-corrected chi connectivity index (χ1v) is 7.81. The van der Waals surface area contributed by atoms with Crippen LogP contribution in [-0.4, -0.2) is 50.3 Å². The van der Waals surface area contributed by atoms with E-state index in [1.54, 1.807) is 7.11 Å². The SMILES string of the molecule is COc1cc(C)c(CN2C[C@H]3COC[C@@H](C2)C(=O)N3)cc1C. The second-order valence-corrected chi connectivity index (χ2v) is 6.38. The molecule has 2 atom stereocenters. The maximum Gasteiger partial charge on any atom is 0.227 e. The fourth-order valence-electron chi connectivity index (χ4n) is 3.33. The monoisotopic (exact) mass is 304 g/mol. The summed E-state index contributed by atoms with van der Waals surface area (Å²) in [7, 11) is 1.70. The molecule has 2 saturated heterocycles. The number of hydrogen-bond donors (Lipinski definition) is 1. The van der Waals surface area contributed by atoms with E-state index in [4.69, 9.17) is 9.47 Å². The Bertz CT molecular complexity index is 573. The van der Waals surface area contributed by atoms with Crippen LogP contribution in [0, 0.1) is 19.8 Å². The van der Waals surface area contributed by atoms with Crippen LogP contribution in [0.25, 0.3) is 0 Å². The van der Waals surface area contributed by atoms with Crippen molar-refractivity contribution in [2.24, 2.45) is 5.92 Å². The van der Waals surface area contributed by atoms with Crippen LogP contribution in [-0.2, 0) is 16.1 Å². The molecule has 0 saturated carbocycles. The van der Waals surface area contributed by atoms with Crippen molar-refractivity contribution >= 4 is 5.91 Å². The van der Waals surface area contributed by atoms with Gasteiger partial charge >= 0.3 is 0 Å². The largest absolute Gasteiger partial charge is 0.496 e. The normalized spacial score (nSPS) is 25.5. The van der Waals surface area contributed by atoms with Crippen molar-refractivity contribution in [3.8, 4) is 5.75 Å². The van der Waals surface area contributed by atoms with Crippen LogP contribution < -0.4 is 10.1 Å². The number of carbonyl (C=O) groups is 1. The Labute approximate surface area is 131 Å². The van der Waals surface area contributed by atoms with Gasteiger partial charge in [-0.2, -0.15) is 0 Å². The van der Waals surface area contributed by atoms with Crippen molar-refractivity contribution in [3.05, 3.63) is 28.8 Å². The zero-order valence-electron chi connectivity index (χ0n) is 13.5. The fourth-order valence-corrected chi connectivity index (χ4v) is 3.33. The molecule has 1 N–H and O–H groups in total. The van der Waals surface area contributed by atoms with E-state index in [1.165, 1.54) is 11.1 Å². The van der Waals surface area contributed by atoms with Crippen LogP contribution in [0.2, 0.25) is 0 Å². The molecule has 1 aromatic carbocycles. The number of nitrogens with zero attached hydrogens (tertiary/aromatic N) is 1. The summed E-state index contributed by atoms with van der Waals surface area (Å²) in [4.78, 5) is 14.4. The lowest BCUT2D eigenvalue weighted by Gasteiger charge is -2.28. The molecular weight excluding hydrogens is 280 g/mol. The minimum atomic E-state index is -0.0628. The number of rotatable bonds is 3. The van der Waals surface area contributed by atoms with E-state index in [-0.39, 0.29) is 17.9 Å². The average molecular weight is 304 g/mol. The second-order valence-electron chi connectivity index (χ2n) is 6.38. The predicted molar refractivity (Wildman–Crippen MR) is 84.0 cm³/mol. The van der Waals surface area contributed by atoms with E-state index in [2.05, 4.69) is 36.2 Å². The summed E-state index contributed by atoms with van der Waals surface area (Å²) in [6, 6.07) is 4.39. The summed E-state index contributed by atoms with van der Waals surface area (Å²) in [5, 5.41) is 3.08. The van der Waals surface area contributed by atoms with E-state index in [0.717, 1.165) is 30.9 Å². The Hall–Kier alpha value is -1.59. The van der Waals surface area contributed by atoms with Crippen LogP contribution in [0.5, 0.6) is 5.75 Å². The summed E-state index contributed by atoms with van der Waals surface area (Å²) >= 11 is 0. The Kier molecular flexibility index (Phi) is 4.36. The number of methoxy groups -OCH3 is 1. The van der Waals surface area contributed by atoms with Crippen LogP contribution in [0.1, 0.15) is 16.7 Å². The Balaban J connectivity index is 1.78. The van der Waals surface area contributed by atoms with Crippen LogP contribution in [0.15, 0.2) is 12.1 Å². The molecule has 1 aromatic rings. The van der Waals surface area contributed by atoms with Crippen LogP contribution in [0.4, 0.5) is 0 Å². The molecule has 2 aliphatic heterocycles. The zero-order valence-corrected chi connectivity index (χ0v) is 13.5. The molecule has 2 heterocycles. The van der Waals surface area contributed by atoms with E-state index in [1.807, 2.05) is 0 Å². The fraction of sp³-hybridized carbons (Fsp3) is 0.588. The van der Waals surface area contributed by atoms with Gasteiger partial charge in [0.15, 0.2) is 0 Å². The van der Waals surface area contributed by atoms with Gasteiger partial charge in [0.1, 0.15) is 5.75 Å². The van der Waals surface area contributed by atoms with Gasteiger partial charge in [-0.15, -0.1) is 0 Å². The Morgan fingerprint density at radius 3 is 2.86 bits per heavy atom.